The van der Waals surface area contributed by atoms with Gasteiger partial charge in [0.25, 0.3) is 0 Å². The molecule has 1 aromatic heterocycles. The van der Waals surface area contributed by atoms with Crippen LogP contribution in [0.1, 0.15) is 21.9 Å². The molecule has 8 aromatic carbocycles. The lowest BCUT2D eigenvalue weighted by Crippen LogP contribution is -1.91. The van der Waals surface area contributed by atoms with Gasteiger partial charge in [-0.2, -0.15) is 0 Å². The van der Waals surface area contributed by atoms with Crippen LogP contribution in [-0.4, -0.2) is 0 Å². The Bertz CT molecular complexity index is 3330. The topological polar surface area (TPSA) is 13.1 Å². The van der Waals surface area contributed by atoms with E-state index >= 15 is 0 Å². The molecule has 0 amide bonds. The molecule has 0 saturated carbocycles. The van der Waals surface area contributed by atoms with Crippen molar-refractivity contribution in [3.05, 3.63) is 169 Å². The Hall–Kier alpha value is -5.92. The molecule has 0 aliphatic carbocycles. The van der Waals surface area contributed by atoms with Gasteiger partial charge in [0.2, 0.25) is 0 Å². The van der Waals surface area contributed by atoms with Gasteiger partial charge in [-0.1, -0.05) is 145 Å². The summed E-state index contributed by atoms with van der Waals surface area (Å²) >= 11 is 0. The van der Waals surface area contributed by atoms with Crippen LogP contribution >= 0.6 is 0 Å². The van der Waals surface area contributed by atoms with Gasteiger partial charge in [-0.05, 0) is 90.2 Å². The molecule has 1 nitrogen and oxygen atoms in total. The van der Waals surface area contributed by atoms with E-state index in [0.29, 0.717) is 43.8 Å². The van der Waals surface area contributed by atoms with Crippen molar-refractivity contribution in [2.45, 2.75) is 0 Å². The summed E-state index contributed by atoms with van der Waals surface area (Å²) in [5, 5.41) is 2.37. The van der Waals surface area contributed by atoms with Crippen LogP contribution in [0, 0.1) is 0 Å². The van der Waals surface area contributed by atoms with Gasteiger partial charge in [-0.15, -0.1) is 0 Å². The maximum absolute atomic E-state index is 9.44. The summed E-state index contributed by atoms with van der Waals surface area (Å²) < 4.78 is 145. The van der Waals surface area contributed by atoms with Crippen molar-refractivity contribution in [1.29, 1.82) is 0 Å². The molecule has 0 radical (unpaired) electrons. The lowest BCUT2D eigenvalue weighted by molar-refractivity contribution is 0.669. The second-order valence-electron chi connectivity index (χ2n) is 10.4. The smallest absolute Gasteiger partial charge is 0.136 e. The number of benzene rings is 8. The van der Waals surface area contributed by atoms with Crippen molar-refractivity contribution in [1.82, 2.24) is 0 Å². The predicted molar refractivity (Wildman–Crippen MR) is 190 cm³/mol. The first-order valence-corrected chi connectivity index (χ1v) is 14.1. The highest BCUT2D eigenvalue weighted by molar-refractivity contribution is 6.25. The molecule has 1 heteroatoms. The monoisotopic (exact) mass is 588 g/mol. The van der Waals surface area contributed by atoms with Crippen molar-refractivity contribution in [2.75, 3.05) is 0 Å². The third kappa shape index (κ3) is 4.17. The molecule has 0 saturated heterocycles. The molecule has 0 unspecified atom stereocenters. The van der Waals surface area contributed by atoms with Crippen LogP contribution in [-0.2, 0) is 0 Å². The third-order valence-electron chi connectivity index (χ3n) is 7.94. The number of fused-ring (bicyclic) bond motifs is 5. The number of hydrogen-bond donors (Lipinski definition) is 0. The van der Waals surface area contributed by atoms with Gasteiger partial charge in [0.15, 0.2) is 0 Å². The fraction of sp³-hybridized carbons (Fsp3) is 0. The lowest BCUT2D eigenvalue weighted by atomic mass is 9.84. The molecule has 0 atom stereocenters. The molecule has 210 valence electrons. The highest BCUT2D eigenvalue weighted by Gasteiger charge is 2.20. The molecule has 0 aliphatic rings. The predicted octanol–water partition coefficient (Wildman–Crippen LogP) is 12.6. The summed E-state index contributed by atoms with van der Waals surface area (Å²) in [6.45, 7) is 0. The maximum atomic E-state index is 9.44. The van der Waals surface area contributed by atoms with E-state index in [0.717, 1.165) is 0 Å². The number of furan rings is 1. The quantitative estimate of drug-likeness (QED) is 0.186. The van der Waals surface area contributed by atoms with Crippen molar-refractivity contribution < 1.29 is 26.3 Å². The van der Waals surface area contributed by atoms with E-state index < -0.39 is 95.7 Å². The second-order valence-corrected chi connectivity index (χ2v) is 10.4. The van der Waals surface area contributed by atoms with Gasteiger partial charge >= 0.3 is 0 Å². The zero-order valence-electron chi connectivity index (χ0n) is 39.3. The summed E-state index contributed by atoms with van der Waals surface area (Å²) in [7, 11) is 0. The second kappa shape index (κ2) is 10.4. The summed E-state index contributed by atoms with van der Waals surface area (Å²) in [5.41, 5.74) is 0.813. The minimum Gasteiger partial charge on any atom is -0.456 e. The molecule has 1 heterocycles. The van der Waals surface area contributed by atoms with Crippen molar-refractivity contribution >= 4 is 43.5 Å². The van der Waals surface area contributed by atoms with Crippen molar-refractivity contribution in [2.24, 2.45) is 0 Å². The summed E-state index contributed by atoms with van der Waals surface area (Å²) in [6, 6.07) is 12.8. The number of hydrogen-bond acceptors (Lipinski definition) is 1. The molecule has 0 aliphatic heterocycles. The number of rotatable bonds is 4. The average Bonchev–Trinajstić information content (AvgIpc) is 3.67. The minimum absolute atomic E-state index is 0.0202. The van der Waals surface area contributed by atoms with Gasteiger partial charge in [0.05, 0.1) is 21.9 Å². The molecular formula is C44H28O. The zero-order valence-corrected chi connectivity index (χ0v) is 23.3. The first-order valence-electron chi connectivity index (χ1n) is 22.1. The molecule has 9 rings (SSSR count). The first-order chi connectivity index (χ1) is 29.0. The molecule has 45 heavy (non-hydrogen) atoms. The van der Waals surface area contributed by atoms with Crippen LogP contribution in [0.5, 0.6) is 0 Å². The van der Waals surface area contributed by atoms with E-state index in [1.54, 1.807) is 30.3 Å². The average molecular weight is 589 g/mol. The van der Waals surface area contributed by atoms with E-state index in [4.69, 9.17) is 22.2 Å². The van der Waals surface area contributed by atoms with Gasteiger partial charge in [0.1, 0.15) is 11.2 Å². The Morgan fingerprint density at radius 1 is 0.400 bits per heavy atom. The Morgan fingerprint density at radius 2 is 1.00 bits per heavy atom. The van der Waals surface area contributed by atoms with E-state index in [1.807, 2.05) is 42.5 Å². The van der Waals surface area contributed by atoms with Crippen LogP contribution in [0.25, 0.3) is 88.0 Å². The van der Waals surface area contributed by atoms with Crippen molar-refractivity contribution in [3.63, 3.8) is 0 Å². The van der Waals surface area contributed by atoms with Gasteiger partial charge in [0, 0.05) is 10.8 Å². The molecular weight excluding hydrogens is 544 g/mol. The normalized spacial score (nSPS) is 16.5. The maximum Gasteiger partial charge on any atom is 0.136 e. The Labute approximate surface area is 284 Å². The fourth-order valence-electron chi connectivity index (χ4n) is 6.07. The Balaban J connectivity index is 1.40. The van der Waals surface area contributed by atoms with Gasteiger partial charge < -0.3 is 4.42 Å². The standard InChI is InChI=1S/C44H28O/c1-3-13-29(14-4-1)31-17-11-18-33(27-31)42-34-19-7-9-21-36(34)43(37-22-10-8-20-35(37)42)39-23-12-24-40-44(39)38-26-25-32(28-41(38)45-40)30-15-5-2-6-16-30/h1-28H/i1D,2D,3D,4D,5D,6D,12D,13D,14D,15D,16D,23D,24D,25D,26D,28D. The van der Waals surface area contributed by atoms with E-state index in [9.17, 15) is 4.11 Å². The highest BCUT2D eigenvalue weighted by atomic mass is 16.3. The minimum atomic E-state index is -0.692. The van der Waals surface area contributed by atoms with E-state index in [1.165, 1.54) is 0 Å². The molecule has 0 N–H and O–H groups in total. The highest BCUT2D eigenvalue weighted by Crippen LogP contribution is 2.47. The van der Waals surface area contributed by atoms with E-state index in [2.05, 4.69) is 0 Å². The van der Waals surface area contributed by atoms with Crippen LogP contribution in [0.2, 0.25) is 0 Å². The van der Waals surface area contributed by atoms with Gasteiger partial charge in [-0.3, -0.25) is 0 Å². The van der Waals surface area contributed by atoms with Crippen LogP contribution in [0.15, 0.2) is 174 Å². The molecule has 0 bridgehead atoms. The van der Waals surface area contributed by atoms with Crippen molar-refractivity contribution in [3.8, 4) is 44.5 Å². The molecule has 9 aromatic rings. The summed E-state index contributed by atoms with van der Waals surface area (Å²) in [5.74, 6) is 0. The van der Waals surface area contributed by atoms with Crippen LogP contribution < -0.4 is 0 Å². The Morgan fingerprint density at radius 3 is 1.67 bits per heavy atom. The van der Waals surface area contributed by atoms with Gasteiger partial charge in [-0.25, -0.2) is 0 Å². The van der Waals surface area contributed by atoms with Crippen LogP contribution in [0.4, 0.5) is 0 Å². The molecule has 0 spiro atoms. The largest absolute Gasteiger partial charge is 0.456 e. The first kappa shape index (κ1) is 14.2. The summed E-state index contributed by atoms with van der Waals surface area (Å²) in [4.78, 5) is 0. The lowest BCUT2D eigenvalue weighted by Gasteiger charge is -2.18. The Kier molecular flexibility index (Phi) is 3.28. The van der Waals surface area contributed by atoms with Crippen LogP contribution in [0.3, 0.4) is 0 Å². The summed E-state index contributed by atoms with van der Waals surface area (Å²) in [6.07, 6.45) is 0. The fourth-order valence-corrected chi connectivity index (χ4v) is 6.07. The third-order valence-corrected chi connectivity index (χ3v) is 7.94. The zero-order chi connectivity index (χ0) is 43.7. The molecule has 0 fully saturated rings. The van der Waals surface area contributed by atoms with E-state index in [-0.39, 0.29) is 45.2 Å². The SMILES string of the molecule is [2H]c1c([2H])c([2H])c(-c2cccc(-c3c4ccccc4c(-c4c([2H])c([2H])c([2H])c5oc6c([2H])c(-c7c([2H])c([2H])c([2H])c([2H])c7[2H])c([2H])c([2H])c6c45)c4ccccc34)c2)c([2H])c1[2H].